The normalized spacial score (nSPS) is 13.1. The van der Waals surface area contributed by atoms with Gasteiger partial charge in [0.1, 0.15) is 0 Å². The van der Waals surface area contributed by atoms with Crippen LogP contribution in [0.5, 0.6) is 0 Å². The highest BCUT2D eigenvalue weighted by atomic mass is 32.2. The van der Waals surface area contributed by atoms with Gasteiger partial charge in [-0.15, -0.1) is 0 Å². The van der Waals surface area contributed by atoms with E-state index >= 15 is 0 Å². The highest BCUT2D eigenvalue weighted by Crippen LogP contribution is 2.02. The summed E-state index contributed by atoms with van der Waals surface area (Å²) in [4.78, 5) is 0. The molecule has 0 saturated carbocycles. The highest BCUT2D eigenvalue weighted by molar-refractivity contribution is 7.98. The van der Waals surface area contributed by atoms with Crippen molar-refractivity contribution in [2.75, 3.05) is 31.7 Å². The van der Waals surface area contributed by atoms with Crippen molar-refractivity contribution in [1.82, 2.24) is 5.32 Å². The lowest BCUT2D eigenvalue weighted by molar-refractivity contribution is 0.282. The van der Waals surface area contributed by atoms with Crippen molar-refractivity contribution in [2.45, 2.75) is 31.7 Å². The first-order valence-corrected chi connectivity index (χ1v) is 6.77. The number of hydrogen-bond acceptors (Lipinski definition) is 4. The smallest absolute Gasteiger partial charge is 0.0431 e. The third-order valence-electron chi connectivity index (χ3n) is 2.20. The molecule has 4 heteroatoms. The predicted molar refractivity (Wildman–Crippen MR) is 64.8 cm³/mol. The number of aliphatic hydroxyl groups is 1. The Morgan fingerprint density at radius 2 is 2.14 bits per heavy atom. The monoisotopic (exact) mass is 220 g/mol. The molecule has 0 aliphatic heterocycles. The van der Waals surface area contributed by atoms with Gasteiger partial charge in [-0.05, 0) is 44.2 Å². The van der Waals surface area contributed by atoms with Crippen molar-refractivity contribution in [3.63, 3.8) is 0 Å². The molecule has 4 N–H and O–H groups in total. The van der Waals surface area contributed by atoms with E-state index in [1.165, 1.54) is 12.2 Å². The second kappa shape index (κ2) is 11.3. The Hall–Kier alpha value is 0.230. The average Bonchev–Trinajstić information content (AvgIpc) is 2.22. The van der Waals surface area contributed by atoms with Gasteiger partial charge in [0.05, 0.1) is 0 Å². The molecule has 3 nitrogen and oxygen atoms in total. The zero-order valence-corrected chi connectivity index (χ0v) is 9.98. The molecular weight excluding hydrogens is 196 g/mol. The fraction of sp³-hybridized carbons (Fsp3) is 1.00. The van der Waals surface area contributed by atoms with Crippen molar-refractivity contribution in [3.05, 3.63) is 0 Å². The number of thioether (sulfide) groups is 1. The van der Waals surface area contributed by atoms with Crippen LogP contribution in [-0.4, -0.2) is 42.9 Å². The van der Waals surface area contributed by atoms with Gasteiger partial charge in [0.25, 0.3) is 0 Å². The van der Waals surface area contributed by atoms with Crippen LogP contribution in [0.3, 0.4) is 0 Å². The van der Waals surface area contributed by atoms with Gasteiger partial charge in [-0.25, -0.2) is 0 Å². The molecule has 14 heavy (non-hydrogen) atoms. The molecule has 0 heterocycles. The van der Waals surface area contributed by atoms with Crippen LogP contribution in [0.1, 0.15) is 25.7 Å². The number of nitrogens with one attached hydrogen (secondary N) is 1. The summed E-state index contributed by atoms with van der Waals surface area (Å²) in [6.45, 7) is 1.98. The molecule has 0 aromatic carbocycles. The second-order valence-electron chi connectivity index (χ2n) is 3.45. The molecule has 1 unspecified atom stereocenters. The number of aliphatic hydroxyl groups excluding tert-OH is 1. The summed E-state index contributed by atoms with van der Waals surface area (Å²) < 4.78 is 0. The quantitative estimate of drug-likeness (QED) is 0.477. The number of rotatable bonds is 10. The first-order chi connectivity index (χ1) is 6.85. The third kappa shape index (κ3) is 8.81. The van der Waals surface area contributed by atoms with Gasteiger partial charge < -0.3 is 16.2 Å². The van der Waals surface area contributed by atoms with Crippen LogP contribution < -0.4 is 11.1 Å². The molecule has 0 aromatic heterocycles. The molecule has 0 radical (unpaired) electrons. The first-order valence-electron chi connectivity index (χ1n) is 5.38. The van der Waals surface area contributed by atoms with E-state index in [0.717, 1.165) is 25.8 Å². The van der Waals surface area contributed by atoms with E-state index in [1.54, 1.807) is 0 Å². The summed E-state index contributed by atoms with van der Waals surface area (Å²) in [5.74, 6) is 1.22. The van der Waals surface area contributed by atoms with Crippen LogP contribution in [0, 0.1) is 0 Å². The summed E-state index contributed by atoms with van der Waals surface area (Å²) in [6.07, 6.45) is 6.45. The summed E-state index contributed by atoms with van der Waals surface area (Å²) in [5, 5.41) is 12.0. The van der Waals surface area contributed by atoms with E-state index in [0.29, 0.717) is 19.2 Å². The first kappa shape index (κ1) is 14.2. The largest absolute Gasteiger partial charge is 0.396 e. The Labute approximate surface area is 91.8 Å². The molecule has 0 amide bonds. The van der Waals surface area contributed by atoms with E-state index in [9.17, 15) is 0 Å². The molecule has 0 aliphatic carbocycles. The lowest BCUT2D eigenvalue weighted by Crippen LogP contribution is -2.36. The van der Waals surface area contributed by atoms with E-state index < -0.39 is 0 Å². The molecule has 1 atom stereocenters. The van der Waals surface area contributed by atoms with Gasteiger partial charge in [-0.2, -0.15) is 11.8 Å². The van der Waals surface area contributed by atoms with E-state index in [-0.39, 0.29) is 0 Å². The second-order valence-corrected chi connectivity index (χ2v) is 4.44. The highest BCUT2D eigenvalue weighted by Gasteiger charge is 2.04. The lowest BCUT2D eigenvalue weighted by Gasteiger charge is -2.16. The lowest BCUT2D eigenvalue weighted by atomic mass is 10.1. The Bertz CT molecular complexity index is 114. The summed E-state index contributed by atoms with van der Waals surface area (Å²) >= 11 is 1.88. The number of hydrogen-bond donors (Lipinski definition) is 3. The maximum absolute atomic E-state index is 8.61. The van der Waals surface area contributed by atoms with Crippen LogP contribution in [0.2, 0.25) is 0 Å². The fourth-order valence-electron chi connectivity index (χ4n) is 1.32. The van der Waals surface area contributed by atoms with Crippen molar-refractivity contribution in [1.29, 1.82) is 0 Å². The SMILES string of the molecule is CSCCCC(CN)NCCCCO. The minimum absolute atomic E-state index is 0.293. The van der Waals surface area contributed by atoms with Crippen molar-refractivity contribution >= 4 is 11.8 Å². The van der Waals surface area contributed by atoms with Crippen LogP contribution in [-0.2, 0) is 0 Å². The molecular formula is C10H24N2OS. The third-order valence-corrected chi connectivity index (χ3v) is 2.90. The number of nitrogens with two attached hydrogens (primary N) is 1. The number of unbranched alkanes of at least 4 members (excludes halogenated alkanes) is 1. The van der Waals surface area contributed by atoms with Gasteiger partial charge >= 0.3 is 0 Å². The van der Waals surface area contributed by atoms with Crippen LogP contribution in [0.4, 0.5) is 0 Å². The minimum atomic E-state index is 0.293. The standard InChI is InChI=1S/C10H24N2OS/c1-14-8-4-5-10(9-11)12-6-2-3-7-13/h10,12-13H,2-9,11H2,1H3. The van der Waals surface area contributed by atoms with Crippen molar-refractivity contribution < 1.29 is 5.11 Å². The average molecular weight is 220 g/mol. The topological polar surface area (TPSA) is 58.3 Å². The molecule has 0 aromatic rings. The Balaban J connectivity index is 3.28. The Kier molecular flexibility index (Phi) is 11.5. The van der Waals surface area contributed by atoms with Crippen molar-refractivity contribution in [2.24, 2.45) is 5.73 Å². The van der Waals surface area contributed by atoms with E-state index in [2.05, 4.69) is 11.6 Å². The molecule has 0 aliphatic rings. The molecule has 0 bridgehead atoms. The summed E-state index contributed by atoms with van der Waals surface area (Å²) in [6, 6.07) is 0.459. The molecule has 0 rings (SSSR count). The maximum atomic E-state index is 8.61. The molecule has 0 fully saturated rings. The van der Waals surface area contributed by atoms with E-state index in [1.807, 2.05) is 11.8 Å². The van der Waals surface area contributed by atoms with Gasteiger partial charge in [-0.1, -0.05) is 0 Å². The van der Waals surface area contributed by atoms with Gasteiger partial charge in [-0.3, -0.25) is 0 Å². The van der Waals surface area contributed by atoms with Gasteiger partial charge in [0.15, 0.2) is 0 Å². The minimum Gasteiger partial charge on any atom is -0.396 e. The summed E-state index contributed by atoms with van der Waals surface area (Å²) in [5.41, 5.74) is 5.65. The van der Waals surface area contributed by atoms with E-state index in [4.69, 9.17) is 10.8 Å². The van der Waals surface area contributed by atoms with Gasteiger partial charge in [0.2, 0.25) is 0 Å². The summed E-state index contributed by atoms with van der Waals surface area (Å²) in [7, 11) is 0. The molecule has 86 valence electrons. The zero-order chi connectivity index (χ0) is 10.6. The maximum Gasteiger partial charge on any atom is 0.0431 e. The van der Waals surface area contributed by atoms with Crippen molar-refractivity contribution in [3.8, 4) is 0 Å². The molecule has 0 saturated heterocycles. The van der Waals surface area contributed by atoms with Crippen LogP contribution in [0.15, 0.2) is 0 Å². The van der Waals surface area contributed by atoms with Crippen LogP contribution >= 0.6 is 11.8 Å². The Morgan fingerprint density at radius 1 is 1.36 bits per heavy atom. The van der Waals surface area contributed by atoms with Gasteiger partial charge in [0, 0.05) is 19.2 Å². The zero-order valence-electron chi connectivity index (χ0n) is 9.17. The molecule has 0 spiro atoms. The van der Waals surface area contributed by atoms with Crippen LogP contribution in [0.25, 0.3) is 0 Å². The Morgan fingerprint density at radius 3 is 2.71 bits per heavy atom. The predicted octanol–water partition coefficient (Wildman–Crippen LogP) is 0.819. The fourth-order valence-corrected chi connectivity index (χ4v) is 1.78.